The van der Waals surface area contributed by atoms with Crippen LogP contribution in [0.15, 0.2) is 53.3 Å². The maximum atomic E-state index is 12.1. The van der Waals surface area contributed by atoms with Crippen molar-refractivity contribution in [2.24, 2.45) is 0 Å². The maximum Gasteiger partial charge on any atom is 0.387 e. The van der Waals surface area contributed by atoms with Crippen LogP contribution in [-0.4, -0.2) is 41.8 Å². The minimum Gasteiger partial charge on any atom is -0.455 e. The number of H-pyrrole nitrogens is 1. The van der Waals surface area contributed by atoms with Gasteiger partial charge in [0.05, 0.1) is 17.5 Å². The topological polar surface area (TPSA) is 110 Å². The minimum atomic E-state index is -2.88. The second kappa shape index (κ2) is 10.3. The summed E-state index contributed by atoms with van der Waals surface area (Å²) >= 11 is 0. The molecular weight excluding hydrogens is 412 g/mol. The molecule has 0 saturated heterocycles. The lowest BCUT2D eigenvalue weighted by Crippen LogP contribution is -2.30. The molecule has 0 unspecified atom stereocenters. The molecule has 0 spiro atoms. The van der Waals surface area contributed by atoms with Gasteiger partial charge in [-0.1, -0.05) is 30.3 Å². The van der Waals surface area contributed by atoms with Crippen LogP contribution >= 0.6 is 0 Å². The van der Waals surface area contributed by atoms with Gasteiger partial charge in [-0.3, -0.25) is 14.4 Å². The summed E-state index contributed by atoms with van der Waals surface area (Å²) in [6.07, 6.45) is 0.263. The second-order valence-corrected chi connectivity index (χ2v) is 6.50. The zero-order valence-corrected chi connectivity index (χ0v) is 16.3. The van der Waals surface area contributed by atoms with Gasteiger partial charge in [-0.25, -0.2) is 5.10 Å². The van der Waals surface area contributed by atoms with Gasteiger partial charge in [0.2, 0.25) is 0 Å². The van der Waals surface area contributed by atoms with Crippen molar-refractivity contribution in [3.8, 4) is 5.75 Å². The third kappa shape index (κ3) is 6.33. The van der Waals surface area contributed by atoms with Crippen molar-refractivity contribution >= 4 is 22.6 Å². The van der Waals surface area contributed by atoms with Crippen molar-refractivity contribution in [3.05, 3.63) is 70.1 Å². The van der Waals surface area contributed by atoms with Gasteiger partial charge in [0, 0.05) is 11.9 Å². The van der Waals surface area contributed by atoms with Crippen LogP contribution in [0.1, 0.15) is 11.3 Å². The molecule has 0 bridgehead atoms. The Labute approximate surface area is 175 Å². The van der Waals surface area contributed by atoms with Crippen LogP contribution in [0.4, 0.5) is 8.78 Å². The van der Waals surface area contributed by atoms with Crippen molar-refractivity contribution in [2.45, 2.75) is 19.5 Å². The quantitative estimate of drug-likeness (QED) is 0.502. The summed E-state index contributed by atoms with van der Waals surface area (Å²) in [6, 6.07) is 12.8. The third-order valence-corrected chi connectivity index (χ3v) is 4.34. The number of rotatable bonds is 9. The highest BCUT2D eigenvalue weighted by molar-refractivity contribution is 5.87. The predicted octanol–water partition coefficient (Wildman–Crippen LogP) is 1.97. The van der Waals surface area contributed by atoms with E-state index < -0.39 is 25.1 Å². The summed E-state index contributed by atoms with van der Waals surface area (Å²) in [6.45, 7) is -3.06. The van der Waals surface area contributed by atoms with Gasteiger partial charge >= 0.3 is 12.6 Å². The van der Waals surface area contributed by atoms with Crippen molar-refractivity contribution in [1.29, 1.82) is 0 Å². The van der Waals surface area contributed by atoms with Gasteiger partial charge in [-0.15, -0.1) is 0 Å². The highest BCUT2D eigenvalue weighted by Gasteiger charge is 2.13. The van der Waals surface area contributed by atoms with E-state index in [0.29, 0.717) is 22.9 Å². The number of hydrogen-bond donors (Lipinski definition) is 2. The molecular formula is C21H19F2N3O5. The summed E-state index contributed by atoms with van der Waals surface area (Å²) in [7, 11) is 0. The number of benzene rings is 2. The van der Waals surface area contributed by atoms with E-state index in [-0.39, 0.29) is 24.3 Å². The average molecular weight is 431 g/mol. The standard InChI is InChI=1S/C21H19F2N3O5/c22-21(23)31-14-7-5-13(6-8-14)9-10-24-18(27)12-30-19(28)11-17-15-3-1-2-4-16(15)20(29)26-25-17/h1-8,21H,9-12H2,(H,24,27)(H,26,29). The van der Waals surface area contributed by atoms with Gasteiger partial charge in [-0.2, -0.15) is 13.9 Å². The molecule has 0 aliphatic carbocycles. The van der Waals surface area contributed by atoms with Gasteiger partial charge < -0.3 is 14.8 Å². The first-order chi connectivity index (χ1) is 14.9. The molecule has 1 heterocycles. The fourth-order valence-corrected chi connectivity index (χ4v) is 2.87. The Balaban J connectivity index is 1.42. The fraction of sp³-hybridized carbons (Fsp3) is 0.238. The average Bonchev–Trinajstić information content (AvgIpc) is 2.75. The molecule has 8 nitrogen and oxygen atoms in total. The van der Waals surface area contributed by atoms with Gasteiger partial charge in [0.15, 0.2) is 6.61 Å². The van der Waals surface area contributed by atoms with Crippen LogP contribution in [0, 0.1) is 0 Å². The van der Waals surface area contributed by atoms with E-state index in [1.807, 2.05) is 0 Å². The Morgan fingerprint density at radius 3 is 2.48 bits per heavy atom. The Morgan fingerprint density at radius 1 is 1.06 bits per heavy atom. The molecule has 1 amide bonds. The van der Waals surface area contributed by atoms with E-state index in [4.69, 9.17) is 4.74 Å². The molecule has 3 aromatic rings. The van der Waals surface area contributed by atoms with Gasteiger partial charge in [0.1, 0.15) is 5.75 Å². The first kappa shape index (κ1) is 21.9. The number of amides is 1. The first-order valence-electron chi connectivity index (χ1n) is 9.35. The number of fused-ring (bicyclic) bond motifs is 1. The smallest absolute Gasteiger partial charge is 0.387 e. The Hall–Kier alpha value is -3.82. The lowest BCUT2D eigenvalue weighted by atomic mass is 10.1. The van der Waals surface area contributed by atoms with Crippen LogP contribution in [0.25, 0.3) is 10.8 Å². The molecule has 0 saturated carbocycles. The number of carbonyl (C=O) groups is 2. The Kier molecular flexibility index (Phi) is 7.26. The summed E-state index contributed by atoms with van der Waals surface area (Å²) in [5, 5.41) is 9.77. The normalized spacial score (nSPS) is 10.8. The van der Waals surface area contributed by atoms with Crippen molar-refractivity contribution in [1.82, 2.24) is 15.5 Å². The molecule has 0 aliphatic heterocycles. The van der Waals surface area contributed by atoms with Crippen LogP contribution < -0.4 is 15.6 Å². The van der Waals surface area contributed by atoms with Crippen molar-refractivity contribution < 1.29 is 27.8 Å². The Morgan fingerprint density at radius 2 is 1.77 bits per heavy atom. The lowest BCUT2D eigenvalue weighted by molar-refractivity contribution is -0.147. The predicted molar refractivity (Wildman–Crippen MR) is 107 cm³/mol. The Bertz CT molecular complexity index is 1120. The molecule has 0 aliphatic rings. The number of halogens is 2. The van der Waals surface area contributed by atoms with Crippen LogP contribution in [0.5, 0.6) is 5.75 Å². The van der Waals surface area contributed by atoms with E-state index in [1.54, 1.807) is 36.4 Å². The zero-order chi connectivity index (χ0) is 22.2. The SMILES string of the molecule is O=C(COC(=O)Cc1n[nH]c(=O)c2ccccc12)NCCc1ccc(OC(F)F)cc1. The van der Waals surface area contributed by atoms with E-state index >= 15 is 0 Å². The van der Waals surface area contributed by atoms with E-state index in [9.17, 15) is 23.2 Å². The second-order valence-electron chi connectivity index (χ2n) is 6.50. The number of ether oxygens (including phenoxy) is 2. The number of nitrogens with zero attached hydrogens (tertiary/aromatic N) is 1. The van der Waals surface area contributed by atoms with Crippen molar-refractivity contribution in [3.63, 3.8) is 0 Å². The highest BCUT2D eigenvalue weighted by atomic mass is 19.3. The number of alkyl halides is 2. The van der Waals surface area contributed by atoms with Crippen LogP contribution in [-0.2, 0) is 27.2 Å². The van der Waals surface area contributed by atoms with Crippen molar-refractivity contribution in [2.75, 3.05) is 13.2 Å². The van der Waals surface area contributed by atoms with E-state index in [0.717, 1.165) is 5.56 Å². The van der Waals surface area contributed by atoms with E-state index in [2.05, 4.69) is 20.3 Å². The van der Waals surface area contributed by atoms with Crippen LogP contribution in [0.2, 0.25) is 0 Å². The fourth-order valence-electron chi connectivity index (χ4n) is 2.87. The number of hydrogen-bond acceptors (Lipinski definition) is 6. The summed E-state index contributed by atoms with van der Waals surface area (Å²) in [4.78, 5) is 35.7. The molecule has 31 heavy (non-hydrogen) atoms. The largest absolute Gasteiger partial charge is 0.455 e. The summed E-state index contributed by atoms with van der Waals surface area (Å²) in [5.41, 5.74) is 0.804. The van der Waals surface area contributed by atoms with Gasteiger partial charge in [0.25, 0.3) is 11.5 Å². The molecule has 162 valence electrons. The number of aromatic amines is 1. The molecule has 0 radical (unpaired) electrons. The van der Waals surface area contributed by atoms with Crippen LogP contribution in [0.3, 0.4) is 0 Å². The van der Waals surface area contributed by atoms with E-state index in [1.165, 1.54) is 12.1 Å². The summed E-state index contributed by atoms with van der Waals surface area (Å²) in [5.74, 6) is -1.08. The molecule has 10 heteroatoms. The first-order valence-corrected chi connectivity index (χ1v) is 9.35. The molecule has 2 N–H and O–H groups in total. The van der Waals surface area contributed by atoms with Gasteiger partial charge in [-0.05, 0) is 30.2 Å². The molecule has 1 aromatic heterocycles. The lowest BCUT2D eigenvalue weighted by Gasteiger charge is -2.08. The zero-order valence-electron chi connectivity index (χ0n) is 16.3. The maximum absolute atomic E-state index is 12.1. The third-order valence-electron chi connectivity index (χ3n) is 4.34. The number of esters is 1. The number of carbonyl (C=O) groups excluding carboxylic acids is 2. The number of aromatic nitrogens is 2. The molecule has 0 atom stereocenters. The molecule has 0 fully saturated rings. The monoisotopic (exact) mass is 431 g/mol. The highest BCUT2D eigenvalue weighted by Crippen LogP contribution is 2.15. The molecule has 2 aromatic carbocycles. The summed E-state index contributed by atoms with van der Waals surface area (Å²) < 4.78 is 33.5. The number of nitrogens with one attached hydrogen (secondary N) is 2. The minimum absolute atomic E-state index is 0.0551. The molecule has 3 rings (SSSR count).